The lowest BCUT2D eigenvalue weighted by Crippen LogP contribution is -2.66. The van der Waals surface area contributed by atoms with Gasteiger partial charge in [-0.15, -0.1) is 11.3 Å². The van der Waals surface area contributed by atoms with Crippen LogP contribution in [0.25, 0.3) is 16.2 Å². The molecule has 1 fully saturated rings. The van der Waals surface area contributed by atoms with Crippen LogP contribution >= 0.6 is 11.3 Å². The van der Waals surface area contributed by atoms with Crippen LogP contribution < -0.4 is 10.4 Å². The molecule has 0 aliphatic heterocycles. The molecule has 3 aromatic carbocycles. The van der Waals surface area contributed by atoms with Crippen LogP contribution in [-0.4, -0.2) is 14.9 Å². The maximum atomic E-state index is 7.13. The van der Waals surface area contributed by atoms with Gasteiger partial charge in [0.1, 0.15) is 0 Å². The maximum Gasteiger partial charge on any atom is 0.261 e. The van der Waals surface area contributed by atoms with Crippen LogP contribution in [0.3, 0.4) is 0 Å². The molecule has 1 nitrogen and oxygen atoms in total. The van der Waals surface area contributed by atoms with Gasteiger partial charge < -0.3 is 4.43 Å². The van der Waals surface area contributed by atoms with E-state index < -0.39 is 8.32 Å². The van der Waals surface area contributed by atoms with Gasteiger partial charge in [-0.1, -0.05) is 111 Å². The highest BCUT2D eigenvalue weighted by atomic mass is 32.1. The summed E-state index contributed by atoms with van der Waals surface area (Å²) in [7, 11) is -2.45. The maximum absolute atomic E-state index is 7.13. The van der Waals surface area contributed by atoms with Gasteiger partial charge in [0.2, 0.25) is 0 Å². The van der Waals surface area contributed by atoms with Crippen molar-refractivity contribution in [1.29, 1.82) is 0 Å². The third-order valence-corrected chi connectivity index (χ3v) is 12.6. The summed E-state index contributed by atoms with van der Waals surface area (Å²) in [4.78, 5) is 0. The Morgan fingerprint density at radius 2 is 1.47 bits per heavy atom. The summed E-state index contributed by atoms with van der Waals surface area (Å²) in [5.41, 5.74) is 2.88. The Morgan fingerprint density at radius 1 is 0.875 bits per heavy atom. The molecule has 1 saturated carbocycles. The predicted molar refractivity (Wildman–Crippen MR) is 141 cm³/mol. The number of hydrogen-bond acceptors (Lipinski definition) is 2. The van der Waals surface area contributed by atoms with E-state index in [0.29, 0.717) is 5.92 Å². The fourth-order valence-electron chi connectivity index (χ4n) is 4.87. The van der Waals surface area contributed by atoms with Crippen molar-refractivity contribution in [2.24, 2.45) is 5.92 Å². The Morgan fingerprint density at radius 3 is 2.09 bits per heavy atom. The van der Waals surface area contributed by atoms with E-state index in [2.05, 4.69) is 117 Å². The standard InChI is InChI=1S/C29H30OSSi/c1-29(2,3)32(25-12-6-4-7-13-25,26-14-8-5-9-15-26)30-20-23-18-22(23)19-24-21-31-28-17-11-10-16-27(24)28/h4-17,19,21,23H,18,20H2,1-3H3/b22-19+/t23-/m0/s1. The molecule has 1 heterocycles. The van der Waals surface area contributed by atoms with Gasteiger partial charge in [0.15, 0.2) is 0 Å². The van der Waals surface area contributed by atoms with E-state index >= 15 is 0 Å². The SMILES string of the molecule is CC(C)(C)[Si](OC[C@@H]1C/C1=C\c1csc2ccccc12)(c1ccccc1)c1ccccc1. The van der Waals surface area contributed by atoms with Gasteiger partial charge in [-0.3, -0.25) is 0 Å². The molecule has 1 atom stereocenters. The van der Waals surface area contributed by atoms with Crippen molar-refractivity contribution in [3.63, 3.8) is 0 Å². The van der Waals surface area contributed by atoms with Crippen LogP contribution in [-0.2, 0) is 4.43 Å². The summed E-state index contributed by atoms with van der Waals surface area (Å²) >= 11 is 1.83. The summed E-state index contributed by atoms with van der Waals surface area (Å²) in [6.45, 7) is 7.84. The van der Waals surface area contributed by atoms with Crippen molar-refractivity contribution < 1.29 is 4.43 Å². The van der Waals surface area contributed by atoms with Crippen molar-refractivity contribution in [2.75, 3.05) is 6.61 Å². The van der Waals surface area contributed by atoms with Crippen LogP contribution in [0.2, 0.25) is 5.04 Å². The van der Waals surface area contributed by atoms with Crippen molar-refractivity contribution in [2.45, 2.75) is 32.2 Å². The van der Waals surface area contributed by atoms with Gasteiger partial charge in [-0.25, -0.2) is 0 Å². The van der Waals surface area contributed by atoms with Crippen LogP contribution in [0.5, 0.6) is 0 Å². The summed E-state index contributed by atoms with van der Waals surface area (Å²) in [6, 6.07) is 30.6. The molecule has 4 aromatic rings. The second kappa shape index (κ2) is 8.47. The summed E-state index contributed by atoms with van der Waals surface area (Å²) in [5.74, 6) is 0.523. The molecule has 32 heavy (non-hydrogen) atoms. The van der Waals surface area contributed by atoms with E-state index in [0.717, 1.165) is 13.0 Å². The molecule has 0 unspecified atom stereocenters. The lowest BCUT2D eigenvalue weighted by atomic mass is 10.1. The lowest BCUT2D eigenvalue weighted by Gasteiger charge is -2.43. The summed E-state index contributed by atoms with van der Waals surface area (Å²) in [6.07, 6.45) is 3.54. The molecule has 1 aliphatic rings. The van der Waals surface area contributed by atoms with Gasteiger partial charge in [0.05, 0.1) is 0 Å². The molecule has 0 N–H and O–H groups in total. The first-order chi connectivity index (χ1) is 15.5. The Kier molecular flexibility index (Phi) is 5.66. The molecular formula is C29H30OSSi. The van der Waals surface area contributed by atoms with Crippen LogP contribution in [0.15, 0.2) is 95.9 Å². The number of benzene rings is 3. The average Bonchev–Trinajstić information content (AvgIpc) is 3.42. The molecule has 1 aliphatic carbocycles. The zero-order valence-electron chi connectivity index (χ0n) is 19.0. The molecule has 0 spiro atoms. The first-order valence-electron chi connectivity index (χ1n) is 11.4. The molecule has 1 aromatic heterocycles. The van der Waals surface area contributed by atoms with E-state index in [4.69, 9.17) is 4.43 Å². The molecular weight excluding hydrogens is 424 g/mol. The zero-order chi connectivity index (χ0) is 22.2. The van der Waals surface area contributed by atoms with E-state index in [9.17, 15) is 0 Å². The van der Waals surface area contributed by atoms with Gasteiger partial charge in [0, 0.05) is 17.2 Å². The average molecular weight is 455 g/mol. The molecule has 162 valence electrons. The Balaban J connectivity index is 1.44. The molecule has 3 heteroatoms. The highest BCUT2D eigenvalue weighted by Gasteiger charge is 2.51. The Hall–Kier alpha value is -2.46. The number of fused-ring (bicyclic) bond motifs is 1. The van der Waals surface area contributed by atoms with E-state index in [1.165, 1.54) is 31.6 Å². The quantitative estimate of drug-likeness (QED) is 0.289. The van der Waals surface area contributed by atoms with E-state index in [-0.39, 0.29) is 5.04 Å². The van der Waals surface area contributed by atoms with Gasteiger partial charge in [-0.05, 0) is 44.2 Å². The van der Waals surface area contributed by atoms with Crippen molar-refractivity contribution >= 4 is 46.2 Å². The van der Waals surface area contributed by atoms with E-state index in [1.807, 2.05) is 11.3 Å². The predicted octanol–water partition coefficient (Wildman–Crippen LogP) is 6.88. The van der Waals surface area contributed by atoms with Crippen LogP contribution in [0.4, 0.5) is 0 Å². The monoisotopic (exact) mass is 454 g/mol. The smallest absolute Gasteiger partial charge is 0.261 e. The van der Waals surface area contributed by atoms with Crippen LogP contribution in [0.1, 0.15) is 32.8 Å². The molecule has 0 radical (unpaired) electrons. The fourth-order valence-corrected chi connectivity index (χ4v) is 10.4. The summed E-state index contributed by atoms with van der Waals surface area (Å²) < 4.78 is 8.49. The lowest BCUT2D eigenvalue weighted by molar-refractivity contribution is 0.285. The van der Waals surface area contributed by atoms with Crippen molar-refractivity contribution in [1.82, 2.24) is 0 Å². The molecule has 0 bridgehead atoms. The van der Waals surface area contributed by atoms with Crippen molar-refractivity contribution in [3.8, 4) is 0 Å². The van der Waals surface area contributed by atoms with Crippen LogP contribution in [0, 0.1) is 5.92 Å². The molecule has 0 amide bonds. The normalized spacial score (nSPS) is 17.7. The first-order valence-corrected chi connectivity index (χ1v) is 14.2. The highest BCUT2D eigenvalue weighted by molar-refractivity contribution is 7.17. The zero-order valence-corrected chi connectivity index (χ0v) is 20.9. The number of thiophene rings is 1. The third kappa shape index (κ3) is 3.90. The minimum atomic E-state index is -2.45. The minimum Gasteiger partial charge on any atom is -0.407 e. The number of rotatable bonds is 6. The highest BCUT2D eigenvalue weighted by Crippen LogP contribution is 2.43. The van der Waals surface area contributed by atoms with E-state index in [1.54, 1.807) is 0 Å². The number of hydrogen-bond donors (Lipinski definition) is 0. The second-order valence-electron chi connectivity index (χ2n) is 9.78. The Bertz CT molecular complexity index is 1190. The van der Waals surface area contributed by atoms with Gasteiger partial charge in [0.25, 0.3) is 8.32 Å². The third-order valence-electron chi connectivity index (χ3n) is 6.62. The minimum absolute atomic E-state index is 0.0258. The summed E-state index contributed by atoms with van der Waals surface area (Å²) in [5, 5.41) is 6.39. The first kappa shape index (κ1) is 21.4. The molecule has 5 rings (SSSR count). The van der Waals surface area contributed by atoms with Gasteiger partial charge in [-0.2, -0.15) is 0 Å². The fraction of sp³-hybridized carbons (Fsp3) is 0.241. The largest absolute Gasteiger partial charge is 0.407 e. The second-order valence-corrected chi connectivity index (χ2v) is 15.0. The Labute approximate surface area is 196 Å². The molecule has 0 saturated heterocycles. The van der Waals surface area contributed by atoms with Gasteiger partial charge >= 0.3 is 0 Å². The topological polar surface area (TPSA) is 9.23 Å². The van der Waals surface area contributed by atoms with Crippen molar-refractivity contribution in [3.05, 3.63) is 101 Å².